The van der Waals surface area contributed by atoms with Crippen molar-refractivity contribution >= 4 is 10.8 Å². The van der Waals surface area contributed by atoms with Crippen LogP contribution in [-0.2, 0) is 5.41 Å². The van der Waals surface area contributed by atoms with Gasteiger partial charge in [0.15, 0.2) is 5.82 Å². The summed E-state index contributed by atoms with van der Waals surface area (Å²) in [4.78, 5) is 10.3. The van der Waals surface area contributed by atoms with Gasteiger partial charge in [0.05, 0.1) is 23.0 Å². The molecule has 2 aliphatic carbocycles. The minimum Gasteiger partial charge on any atom is -0.228 e. The zero-order chi connectivity index (χ0) is 32.1. The van der Waals surface area contributed by atoms with Crippen LogP contribution in [0.1, 0.15) is 48.8 Å². The van der Waals surface area contributed by atoms with Crippen LogP contribution in [0.4, 0.5) is 0 Å². The molecule has 3 heteroatoms. The van der Waals surface area contributed by atoms with Gasteiger partial charge in [-0.3, -0.25) is 0 Å². The number of aromatic nitrogens is 2. The average Bonchev–Trinajstić information content (AvgIpc) is 3.43. The highest BCUT2D eigenvalue weighted by Gasteiger charge is 2.44. The lowest BCUT2D eigenvalue weighted by Crippen LogP contribution is -2.28. The second-order valence-corrected chi connectivity index (χ2v) is 13.2. The number of rotatable bonds is 4. The van der Waals surface area contributed by atoms with E-state index in [0.717, 1.165) is 46.5 Å². The first-order valence-electron chi connectivity index (χ1n) is 16.9. The number of nitrogens with zero attached hydrogens (tertiary/aromatic N) is 3. The van der Waals surface area contributed by atoms with E-state index in [-0.39, 0.29) is 5.41 Å². The van der Waals surface area contributed by atoms with E-state index in [1.54, 1.807) is 0 Å². The van der Waals surface area contributed by atoms with E-state index >= 15 is 0 Å². The molecule has 1 fully saturated rings. The maximum Gasteiger partial charge on any atom is 0.160 e. The molecule has 2 aliphatic rings. The molecular formula is C45H33N3. The fourth-order valence-electron chi connectivity index (χ4n) is 8.20. The van der Waals surface area contributed by atoms with E-state index in [1.807, 2.05) is 12.1 Å². The quantitative estimate of drug-likeness (QED) is 0.198. The molecule has 0 radical (unpaired) electrons. The molecule has 1 saturated carbocycles. The van der Waals surface area contributed by atoms with Crippen molar-refractivity contribution in [2.45, 2.75) is 37.5 Å². The molecule has 48 heavy (non-hydrogen) atoms. The van der Waals surface area contributed by atoms with Crippen molar-refractivity contribution < 1.29 is 0 Å². The molecule has 0 amide bonds. The lowest BCUT2D eigenvalue weighted by molar-refractivity contribution is 0.353. The second-order valence-electron chi connectivity index (χ2n) is 13.2. The standard InChI is InChI=1S/C45H33N3/c46-29-30-19-22-38-40(25-30)45(23-7-2-8-24-45)39-18-10-17-37(43(38)39)34-15-9-16-35(27-34)42-28-41(32-12-3-1-4-13-32)47-44(48-42)36-21-20-31-11-5-6-14-33(31)26-36/h1,3-6,9-22,25-28H,2,7-8,23-24H2. The van der Waals surface area contributed by atoms with Crippen LogP contribution in [0.3, 0.4) is 0 Å². The molecule has 9 rings (SSSR count). The van der Waals surface area contributed by atoms with Gasteiger partial charge in [-0.05, 0) is 87.3 Å². The van der Waals surface area contributed by atoms with Crippen molar-refractivity contribution in [2.75, 3.05) is 0 Å². The van der Waals surface area contributed by atoms with Crippen LogP contribution >= 0.6 is 0 Å². The SMILES string of the molecule is N#Cc1ccc2c(c1)C1(CCCCC1)c1cccc(-c3cccc(-c4cc(-c5ccccc5)nc(-c5ccc6ccccc6c5)n4)c3)c1-2. The minimum absolute atomic E-state index is 0.0185. The summed E-state index contributed by atoms with van der Waals surface area (Å²) in [5, 5.41) is 12.2. The zero-order valence-electron chi connectivity index (χ0n) is 26.7. The molecule has 1 spiro atoms. The maximum atomic E-state index is 9.81. The lowest BCUT2D eigenvalue weighted by Gasteiger charge is -2.36. The molecule has 0 N–H and O–H groups in total. The van der Waals surface area contributed by atoms with E-state index in [4.69, 9.17) is 9.97 Å². The van der Waals surface area contributed by atoms with E-state index in [0.29, 0.717) is 5.82 Å². The average molecular weight is 616 g/mol. The summed E-state index contributed by atoms with van der Waals surface area (Å²) in [6.07, 6.45) is 5.97. The highest BCUT2D eigenvalue weighted by atomic mass is 14.9. The van der Waals surface area contributed by atoms with E-state index in [9.17, 15) is 5.26 Å². The molecule has 0 unspecified atom stereocenters. The Bertz CT molecular complexity index is 2390. The first-order valence-corrected chi connectivity index (χ1v) is 16.9. The molecule has 1 aromatic heterocycles. The highest BCUT2D eigenvalue weighted by Crippen LogP contribution is 2.58. The van der Waals surface area contributed by atoms with Crippen LogP contribution in [0.25, 0.3) is 66.9 Å². The highest BCUT2D eigenvalue weighted by molar-refractivity contribution is 5.94. The smallest absolute Gasteiger partial charge is 0.160 e. The van der Waals surface area contributed by atoms with Gasteiger partial charge in [-0.25, -0.2) is 9.97 Å². The molecule has 7 aromatic rings. The second kappa shape index (κ2) is 11.4. The number of hydrogen-bond acceptors (Lipinski definition) is 3. The van der Waals surface area contributed by atoms with Crippen molar-refractivity contribution in [1.82, 2.24) is 9.97 Å². The molecule has 0 bridgehead atoms. The Morgan fingerprint density at radius 1 is 0.500 bits per heavy atom. The molecule has 3 nitrogen and oxygen atoms in total. The third kappa shape index (κ3) is 4.64. The molecule has 228 valence electrons. The monoisotopic (exact) mass is 615 g/mol. The van der Waals surface area contributed by atoms with Crippen LogP contribution in [0, 0.1) is 11.3 Å². The Hall–Kier alpha value is -5.85. The van der Waals surface area contributed by atoms with Crippen molar-refractivity contribution in [2.24, 2.45) is 0 Å². The van der Waals surface area contributed by atoms with Crippen molar-refractivity contribution in [3.8, 4) is 62.2 Å². The predicted octanol–water partition coefficient (Wildman–Crippen LogP) is 11.4. The predicted molar refractivity (Wildman–Crippen MR) is 195 cm³/mol. The molecular weight excluding hydrogens is 583 g/mol. The fourth-order valence-corrected chi connectivity index (χ4v) is 8.20. The van der Waals surface area contributed by atoms with Gasteiger partial charge in [0, 0.05) is 22.1 Å². The van der Waals surface area contributed by atoms with Crippen LogP contribution in [0.2, 0.25) is 0 Å². The van der Waals surface area contributed by atoms with Gasteiger partial charge in [-0.15, -0.1) is 0 Å². The summed E-state index contributed by atoms with van der Waals surface area (Å²) < 4.78 is 0. The molecule has 0 saturated heterocycles. The zero-order valence-corrected chi connectivity index (χ0v) is 26.7. The fraction of sp³-hybridized carbons (Fsp3) is 0.133. The van der Waals surface area contributed by atoms with Crippen molar-refractivity contribution in [1.29, 1.82) is 5.26 Å². The van der Waals surface area contributed by atoms with Crippen LogP contribution in [0.5, 0.6) is 0 Å². The summed E-state index contributed by atoms with van der Waals surface area (Å²) in [5.74, 6) is 0.713. The van der Waals surface area contributed by atoms with Gasteiger partial charge in [0.25, 0.3) is 0 Å². The van der Waals surface area contributed by atoms with Gasteiger partial charge in [-0.2, -0.15) is 5.26 Å². The molecule has 0 aliphatic heterocycles. The van der Waals surface area contributed by atoms with Gasteiger partial charge in [0.2, 0.25) is 0 Å². The third-order valence-electron chi connectivity index (χ3n) is 10.5. The molecule has 1 heterocycles. The topological polar surface area (TPSA) is 49.6 Å². The number of hydrogen-bond donors (Lipinski definition) is 0. The number of fused-ring (bicyclic) bond motifs is 6. The van der Waals surface area contributed by atoms with Crippen molar-refractivity contribution in [3.63, 3.8) is 0 Å². The van der Waals surface area contributed by atoms with Gasteiger partial charge in [-0.1, -0.05) is 128 Å². The Kier molecular flexibility index (Phi) is 6.76. The Balaban J connectivity index is 1.20. The number of benzene rings is 6. The number of nitriles is 1. The summed E-state index contributed by atoms with van der Waals surface area (Å²) in [6.45, 7) is 0. The first kappa shape index (κ1) is 28.4. The van der Waals surface area contributed by atoms with E-state index < -0.39 is 0 Å². The lowest BCUT2D eigenvalue weighted by atomic mass is 9.67. The minimum atomic E-state index is -0.0185. The van der Waals surface area contributed by atoms with Crippen LogP contribution in [-0.4, -0.2) is 9.97 Å². The third-order valence-corrected chi connectivity index (χ3v) is 10.5. The Morgan fingerprint density at radius 3 is 2.06 bits per heavy atom. The van der Waals surface area contributed by atoms with Crippen LogP contribution < -0.4 is 0 Å². The van der Waals surface area contributed by atoms with Gasteiger partial charge >= 0.3 is 0 Å². The Morgan fingerprint density at radius 2 is 1.23 bits per heavy atom. The van der Waals surface area contributed by atoms with Gasteiger partial charge in [0.1, 0.15) is 0 Å². The van der Waals surface area contributed by atoms with Crippen molar-refractivity contribution in [3.05, 3.63) is 156 Å². The normalized spacial score (nSPS) is 14.4. The molecule has 6 aromatic carbocycles. The largest absolute Gasteiger partial charge is 0.228 e. The van der Waals surface area contributed by atoms with Crippen LogP contribution in [0.15, 0.2) is 140 Å². The maximum absolute atomic E-state index is 9.81. The summed E-state index contributed by atoms with van der Waals surface area (Å²) in [5.41, 5.74) is 13.4. The van der Waals surface area contributed by atoms with E-state index in [1.165, 1.54) is 63.4 Å². The first-order chi connectivity index (χ1) is 23.7. The summed E-state index contributed by atoms with van der Waals surface area (Å²) in [6, 6.07) is 51.7. The molecule has 0 atom stereocenters. The Labute approximate surface area is 281 Å². The van der Waals surface area contributed by atoms with E-state index in [2.05, 4.69) is 133 Å². The van der Waals surface area contributed by atoms with Gasteiger partial charge < -0.3 is 0 Å². The summed E-state index contributed by atoms with van der Waals surface area (Å²) >= 11 is 0. The summed E-state index contributed by atoms with van der Waals surface area (Å²) in [7, 11) is 0.